The summed E-state index contributed by atoms with van der Waals surface area (Å²) < 4.78 is 21.8. The van der Waals surface area contributed by atoms with Crippen LogP contribution in [-0.4, -0.2) is 44.5 Å². The molecule has 1 atom stereocenters. The Bertz CT molecular complexity index is 1340. The number of benzene rings is 3. The van der Waals surface area contributed by atoms with Gasteiger partial charge in [-0.05, 0) is 92.3 Å². The van der Waals surface area contributed by atoms with Crippen molar-refractivity contribution in [2.75, 3.05) is 26.4 Å². The van der Waals surface area contributed by atoms with E-state index in [1.807, 2.05) is 68.5 Å². The summed E-state index contributed by atoms with van der Waals surface area (Å²) >= 11 is 0. The molecule has 6 heteroatoms. The smallest absolute Gasteiger partial charge is 0.338 e. The second-order valence-electron chi connectivity index (χ2n) is 9.32. The summed E-state index contributed by atoms with van der Waals surface area (Å²) in [5.41, 5.74) is 6.67. The molecule has 0 fully saturated rings. The molecule has 0 aliphatic carbocycles. The molecule has 0 N–H and O–H groups in total. The number of ether oxygens (including phenoxy) is 4. The van der Waals surface area contributed by atoms with Crippen molar-refractivity contribution in [1.29, 1.82) is 0 Å². The molecule has 3 rings (SSSR count). The molecule has 3 aromatic rings. The van der Waals surface area contributed by atoms with Crippen LogP contribution in [0.1, 0.15) is 51.3 Å². The van der Waals surface area contributed by atoms with E-state index >= 15 is 0 Å². The molecule has 3 aromatic carbocycles. The van der Waals surface area contributed by atoms with E-state index in [0.717, 1.165) is 39.1 Å². The Morgan fingerprint density at radius 2 is 1.51 bits per heavy atom. The minimum absolute atomic E-state index is 0.314. The molecule has 0 saturated carbocycles. The third-order valence-corrected chi connectivity index (χ3v) is 6.53. The van der Waals surface area contributed by atoms with E-state index in [-0.39, 0.29) is 11.9 Å². The van der Waals surface area contributed by atoms with Crippen LogP contribution in [0.25, 0.3) is 22.3 Å². The fourth-order valence-electron chi connectivity index (χ4n) is 4.37. The van der Waals surface area contributed by atoms with Gasteiger partial charge in [0.1, 0.15) is 12.4 Å². The van der Waals surface area contributed by atoms with Gasteiger partial charge in [0.2, 0.25) is 0 Å². The molecule has 216 valence electrons. The first-order valence-corrected chi connectivity index (χ1v) is 14.1. The van der Waals surface area contributed by atoms with Gasteiger partial charge in [-0.2, -0.15) is 0 Å². The monoisotopic (exact) mass is 556 g/mol. The molecule has 6 nitrogen and oxygen atoms in total. The van der Waals surface area contributed by atoms with Gasteiger partial charge in [0, 0.05) is 13.0 Å². The van der Waals surface area contributed by atoms with E-state index in [9.17, 15) is 9.59 Å². The van der Waals surface area contributed by atoms with E-state index in [1.54, 1.807) is 19.9 Å². The second-order valence-corrected chi connectivity index (χ2v) is 9.32. The maximum atomic E-state index is 12.3. The van der Waals surface area contributed by atoms with Gasteiger partial charge >= 0.3 is 11.9 Å². The van der Waals surface area contributed by atoms with Gasteiger partial charge in [-0.1, -0.05) is 60.7 Å². The Kier molecular flexibility index (Phi) is 12.4. The SMILES string of the molecule is CC=C(C(=O)OCC)c1cccc(-c2ccc(C(C)=CCOc3ccc(CC(OCC)C(=O)OCC)cc3)cc2)c1. The lowest BCUT2D eigenvalue weighted by molar-refractivity contribution is -0.156. The van der Waals surface area contributed by atoms with Crippen LogP contribution in [0.4, 0.5) is 0 Å². The van der Waals surface area contributed by atoms with E-state index in [4.69, 9.17) is 18.9 Å². The van der Waals surface area contributed by atoms with Gasteiger partial charge in [-0.15, -0.1) is 0 Å². The number of allylic oxidation sites excluding steroid dienone is 2. The van der Waals surface area contributed by atoms with Crippen molar-refractivity contribution in [3.05, 3.63) is 102 Å². The fourth-order valence-corrected chi connectivity index (χ4v) is 4.37. The van der Waals surface area contributed by atoms with E-state index in [0.29, 0.717) is 38.4 Å². The molecule has 0 spiro atoms. The molecule has 0 heterocycles. The third kappa shape index (κ3) is 9.19. The summed E-state index contributed by atoms with van der Waals surface area (Å²) in [6.45, 7) is 10.9. The highest BCUT2D eigenvalue weighted by molar-refractivity contribution is 6.16. The molecule has 0 aliphatic rings. The highest BCUT2D eigenvalue weighted by atomic mass is 16.6. The molecular weight excluding hydrogens is 516 g/mol. The van der Waals surface area contributed by atoms with Gasteiger partial charge < -0.3 is 18.9 Å². The van der Waals surface area contributed by atoms with Gasteiger partial charge in [-0.25, -0.2) is 9.59 Å². The van der Waals surface area contributed by atoms with Crippen molar-refractivity contribution < 1.29 is 28.5 Å². The second kappa shape index (κ2) is 16.2. The Balaban J connectivity index is 1.60. The summed E-state index contributed by atoms with van der Waals surface area (Å²) in [6.07, 6.45) is 3.68. The van der Waals surface area contributed by atoms with Crippen molar-refractivity contribution >= 4 is 23.1 Å². The molecule has 0 saturated heterocycles. The van der Waals surface area contributed by atoms with E-state index in [1.165, 1.54) is 0 Å². The van der Waals surface area contributed by atoms with Crippen molar-refractivity contribution in [3.8, 4) is 16.9 Å². The first-order valence-electron chi connectivity index (χ1n) is 14.1. The summed E-state index contributed by atoms with van der Waals surface area (Å²) in [7, 11) is 0. The van der Waals surface area contributed by atoms with Crippen molar-refractivity contribution in [2.24, 2.45) is 0 Å². The van der Waals surface area contributed by atoms with Gasteiger partial charge in [-0.3, -0.25) is 0 Å². The lowest BCUT2D eigenvalue weighted by atomic mass is 9.97. The zero-order valence-electron chi connectivity index (χ0n) is 24.6. The minimum Gasteiger partial charge on any atom is -0.490 e. The van der Waals surface area contributed by atoms with E-state index < -0.39 is 6.10 Å². The minimum atomic E-state index is -0.608. The molecule has 0 radical (unpaired) electrons. The lowest BCUT2D eigenvalue weighted by Crippen LogP contribution is -2.28. The number of carbonyl (C=O) groups is 2. The molecule has 0 aliphatic heterocycles. The van der Waals surface area contributed by atoms with Crippen LogP contribution < -0.4 is 4.74 Å². The maximum Gasteiger partial charge on any atom is 0.338 e. The lowest BCUT2D eigenvalue weighted by Gasteiger charge is -2.15. The summed E-state index contributed by atoms with van der Waals surface area (Å²) in [6, 6.07) is 23.9. The number of carbonyl (C=O) groups excluding carboxylic acids is 2. The summed E-state index contributed by atoms with van der Waals surface area (Å²) in [5.74, 6) is 0.0969. The zero-order valence-corrected chi connectivity index (χ0v) is 24.6. The normalized spacial score (nSPS) is 12.5. The molecule has 0 bridgehead atoms. The summed E-state index contributed by atoms with van der Waals surface area (Å²) in [5, 5.41) is 0. The topological polar surface area (TPSA) is 71.1 Å². The first-order chi connectivity index (χ1) is 19.9. The first kappa shape index (κ1) is 31.4. The fraction of sp³-hybridized carbons (Fsp3) is 0.314. The van der Waals surface area contributed by atoms with Crippen LogP contribution in [-0.2, 0) is 30.2 Å². The molecule has 0 aromatic heterocycles. The van der Waals surface area contributed by atoms with Crippen LogP contribution in [0.2, 0.25) is 0 Å². The van der Waals surface area contributed by atoms with Crippen LogP contribution >= 0.6 is 0 Å². The summed E-state index contributed by atoms with van der Waals surface area (Å²) in [4.78, 5) is 24.4. The standard InChI is InChI=1S/C35H40O6/c1-6-32(34(36)39-8-3)30-12-10-11-29(24-30)28-17-15-27(16-18-28)25(5)21-22-41-31-19-13-26(14-20-31)23-33(38-7-2)35(37)40-9-4/h6,10-21,24,33H,7-9,22-23H2,1-5H3. The highest BCUT2D eigenvalue weighted by Crippen LogP contribution is 2.26. The quantitative estimate of drug-likeness (QED) is 0.153. The Morgan fingerprint density at radius 3 is 2.15 bits per heavy atom. The number of esters is 2. The number of hydrogen-bond acceptors (Lipinski definition) is 6. The van der Waals surface area contributed by atoms with Gasteiger partial charge in [0.05, 0.1) is 18.8 Å². The average Bonchev–Trinajstić information content (AvgIpc) is 2.98. The predicted octanol–water partition coefficient (Wildman–Crippen LogP) is 7.31. The van der Waals surface area contributed by atoms with Gasteiger partial charge in [0.25, 0.3) is 0 Å². The van der Waals surface area contributed by atoms with Crippen molar-refractivity contribution in [3.63, 3.8) is 0 Å². The van der Waals surface area contributed by atoms with Gasteiger partial charge in [0.15, 0.2) is 6.10 Å². The molecular formula is C35H40O6. The van der Waals surface area contributed by atoms with Crippen LogP contribution in [0.15, 0.2) is 84.9 Å². The van der Waals surface area contributed by atoms with E-state index in [2.05, 4.69) is 31.2 Å². The number of hydrogen-bond donors (Lipinski definition) is 0. The predicted molar refractivity (Wildman–Crippen MR) is 164 cm³/mol. The van der Waals surface area contributed by atoms with Crippen LogP contribution in [0.5, 0.6) is 5.75 Å². The zero-order chi connectivity index (χ0) is 29.6. The Hall–Kier alpha value is -4.16. The molecule has 1 unspecified atom stereocenters. The Labute approximate surface area is 243 Å². The largest absolute Gasteiger partial charge is 0.490 e. The Morgan fingerprint density at radius 1 is 0.805 bits per heavy atom. The van der Waals surface area contributed by atoms with Crippen molar-refractivity contribution in [1.82, 2.24) is 0 Å². The third-order valence-electron chi connectivity index (χ3n) is 6.53. The number of rotatable bonds is 14. The average molecular weight is 557 g/mol. The maximum absolute atomic E-state index is 12.3. The molecule has 0 amide bonds. The van der Waals surface area contributed by atoms with Crippen molar-refractivity contribution in [2.45, 2.75) is 47.1 Å². The molecule has 41 heavy (non-hydrogen) atoms. The van der Waals surface area contributed by atoms with Crippen LogP contribution in [0, 0.1) is 0 Å². The highest BCUT2D eigenvalue weighted by Gasteiger charge is 2.20. The van der Waals surface area contributed by atoms with Crippen LogP contribution in [0.3, 0.4) is 0 Å².